The smallest absolute Gasteiger partial charge is 0.252 e. The number of hydrogen-bond donors (Lipinski definition) is 0. The van der Waals surface area contributed by atoms with E-state index in [4.69, 9.17) is 0 Å². The van der Waals surface area contributed by atoms with Gasteiger partial charge in [0.05, 0.1) is 44.4 Å². The Labute approximate surface area is 671 Å². The van der Waals surface area contributed by atoms with Crippen LogP contribution in [0, 0.1) is 16.2 Å². The fourth-order valence-corrected chi connectivity index (χ4v) is 17.2. The first kappa shape index (κ1) is 66.5. The first-order valence-corrected chi connectivity index (χ1v) is 40.2. The van der Waals surface area contributed by atoms with E-state index in [1.165, 1.54) is 33.4 Å². The van der Waals surface area contributed by atoms with Crippen LogP contribution < -0.4 is 26.2 Å². The second-order valence-electron chi connectivity index (χ2n) is 42.2. The van der Waals surface area contributed by atoms with E-state index < -0.39 is 6.71 Å². The van der Waals surface area contributed by atoms with Crippen LogP contribution in [0.15, 0.2) is 206 Å². The quantitative estimate of drug-likeness (QED) is 0.134. The Kier molecular flexibility index (Phi) is 15.8. The molecular weight excluding hydrogens is 1330 g/mol. The Balaban J connectivity index is 1.15. The highest BCUT2D eigenvalue weighted by atomic mass is 15.2. The molecule has 4 heterocycles. The summed E-state index contributed by atoms with van der Waals surface area (Å²) in [6, 6.07) is 58.9. The summed E-state index contributed by atoms with van der Waals surface area (Å²) in [4.78, 5) is 5.13. The molecule has 0 atom stereocenters. The van der Waals surface area contributed by atoms with E-state index in [-0.39, 0.29) is 97.1 Å². The fraction of sp³-hybridized carbons (Fsp3) is 0.371. The molecule has 0 bridgehead atoms. The van der Waals surface area contributed by atoms with E-state index in [1.54, 1.807) is 0 Å². The molecule has 564 valence electrons. The highest BCUT2D eigenvalue weighted by molar-refractivity contribution is 7.00. The van der Waals surface area contributed by atoms with Crippen LogP contribution in [0.1, 0.15) is 248 Å². The summed E-state index contributed by atoms with van der Waals surface area (Å²) in [6.07, 6.45) is 2.24. The maximum atomic E-state index is 10.0. The number of fused-ring (bicyclic) bond motifs is 10. The van der Waals surface area contributed by atoms with Crippen molar-refractivity contribution in [3.8, 4) is 33.6 Å². The molecule has 0 amide bonds. The van der Waals surface area contributed by atoms with Crippen molar-refractivity contribution in [2.75, 3.05) is 9.80 Å². The topological polar surface area (TPSA) is 16.3 Å². The Morgan fingerprint density at radius 2 is 0.609 bits per heavy atom. The van der Waals surface area contributed by atoms with E-state index in [0.29, 0.717) is 28.2 Å². The molecule has 13 aromatic rings. The molecule has 4 nitrogen and oxygen atoms in total. The molecule has 0 spiro atoms. The van der Waals surface area contributed by atoms with E-state index in [1.807, 2.05) is 0 Å². The molecule has 15 rings (SSSR count). The number of anilines is 6. The van der Waals surface area contributed by atoms with Crippen LogP contribution in [0.3, 0.4) is 0 Å². The zero-order valence-electron chi connectivity index (χ0n) is 79.0. The molecule has 0 fully saturated rings. The number of nitrogens with zero attached hydrogens (tertiary/aromatic N) is 4. The molecule has 5 heteroatoms. The molecule has 11 aromatic carbocycles. The van der Waals surface area contributed by atoms with Crippen molar-refractivity contribution in [3.63, 3.8) is 0 Å². The largest absolute Gasteiger partial charge is 0.311 e. The molecule has 0 saturated carbocycles. The molecule has 2 aliphatic rings. The lowest BCUT2D eigenvalue weighted by Gasteiger charge is -2.45. The molecule has 110 heavy (non-hydrogen) atoms. The van der Waals surface area contributed by atoms with Gasteiger partial charge in [0.15, 0.2) is 0 Å². The fourth-order valence-electron chi connectivity index (χ4n) is 17.2. The molecule has 0 aliphatic carbocycles. The van der Waals surface area contributed by atoms with Crippen LogP contribution in [-0.4, -0.2) is 15.8 Å². The van der Waals surface area contributed by atoms with Crippen LogP contribution in [0.4, 0.5) is 34.1 Å². The maximum Gasteiger partial charge on any atom is 0.252 e. The summed E-state index contributed by atoms with van der Waals surface area (Å²) in [5, 5.41) is 2.50. The maximum absolute atomic E-state index is 10.0. The van der Waals surface area contributed by atoms with E-state index in [9.17, 15) is 11.0 Å². The zero-order chi connectivity index (χ0) is 86.0. The summed E-state index contributed by atoms with van der Waals surface area (Å²) in [5.41, 5.74) is 26.2. The number of hydrogen-bond acceptors (Lipinski definition) is 2. The Morgan fingerprint density at radius 1 is 0.273 bits per heavy atom. The third-order valence-electron chi connectivity index (χ3n) is 22.9. The van der Waals surface area contributed by atoms with Crippen molar-refractivity contribution in [2.45, 2.75) is 239 Å². The highest BCUT2D eigenvalue weighted by Crippen LogP contribution is 2.53. The molecular formula is C105H121BN4. The lowest BCUT2D eigenvalue weighted by atomic mass is 9.33. The predicted octanol–water partition coefficient (Wildman–Crippen LogP) is 27.8. The minimum Gasteiger partial charge on any atom is -0.311 e. The molecule has 0 saturated heterocycles. The van der Waals surface area contributed by atoms with Gasteiger partial charge in [-0.1, -0.05) is 296 Å². The molecule has 2 aromatic heterocycles. The van der Waals surface area contributed by atoms with Gasteiger partial charge in [-0.25, -0.2) is 0 Å². The number of benzene rings is 11. The number of para-hydroxylation sites is 2. The Morgan fingerprint density at radius 3 is 0.945 bits per heavy atom. The minimum absolute atomic E-state index is 0.0649. The average molecular weight is 1460 g/mol. The van der Waals surface area contributed by atoms with Gasteiger partial charge in [0.2, 0.25) is 0 Å². The van der Waals surface area contributed by atoms with Crippen molar-refractivity contribution in [1.29, 1.82) is 0 Å². The van der Waals surface area contributed by atoms with Crippen molar-refractivity contribution in [1.82, 2.24) is 9.13 Å². The average Bonchev–Trinajstić information content (AvgIpc) is 0.747. The molecule has 0 radical (unpaired) electrons. The van der Waals surface area contributed by atoms with Gasteiger partial charge in [0, 0.05) is 66.8 Å². The summed E-state index contributed by atoms with van der Waals surface area (Å²) in [7, 11) is 0. The first-order chi connectivity index (χ1) is 54.5. The van der Waals surface area contributed by atoms with Crippen LogP contribution in [0.5, 0.6) is 0 Å². The van der Waals surface area contributed by atoms with E-state index >= 15 is 0 Å². The lowest BCUT2D eigenvalue weighted by Crippen LogP contribution is -2.61. The van der Waals surface area contributed by atoms with Gasteiger partial charge in [-0.3, -0.25) is 0 Å². The third kappa shape index (κ3) is 14.2. The van der Waals surface area contributed by atoms with E-state index in [0.717, 1.165) is 135 Å². The van der Waals surface area contributed by atoms with Crippen molar-refractivity contribution >= 4 is 101 Å². The van der Waals surface area contributed by atoms with Gasteiger partial charge in [-0.15, -0.1) is 0 Å². The molecule has 2 aliphatic heterocycles. The summed E-state index contributed by atoms with van der Waals surface area (Å²) in [5.74, 6) is 0. The Hall–Kier alpha value is -9.32. The van der Waals surface area contributed by atoms with Crippen LogP contribution in [0.2, 0.25) is 0 Å². The monoisotopic (exact) mass is 1460 g/mol. The van der Waals surface area contributed by atoms with Crippen LogP contribution >= 0.6 is 0 Å². The normalized spacial score (nSPS) is 15.0. The second kappa shape index (κ2) is 26.1. The second-order valence-corrected chi connectivity index (χ2v) is 42.2. The first-order valence-electron chi connectivity index (χ1n) is 44.2. The van der Waals surface area contributed by atoms with Gasteiger partial charge >= 0.3 is 0 Å². The van der Waals surface area contributed by atoms with Crippen molar-refractivity contribution in [3.05, 3.63) is 256 Å². The van der Waals surface area contributed by atoms with Gasteiger partial charge in [-0.2, -0.15) is 0 Å². The van der Waals surface area contributed by atoms with E-state index in [2.05, 4.69) is 364 Å². The molecule has 0 N–H and O–H groups in total. The summed E-state index contributed by atoms with van der Waals surface area (Å²) >= 11 is 0. The predicted molar refractivity (Wildman–Crippen MR) is 482 cm³/mol. The zero-order valence-corrected chi connectivity index (χ0v) is 71.0. The van der Waals surface area contributed by atoms with Gasteiger partial charge in [0.1, 0.15) is 0 Å². The standard InChI is InChI=1S/C105H121BN4/c1-97(2,3)62-65-36-44-90-82(48-65)78-32-28-30-34-86(78)107(90)76-40-42-84-92(60-76)109(88-46-38-70(100(10,11)12)58-80(88)68-52-72(102(16,17)18)56-73(53-68)103(19,20)21)94-50-67(64-99(7,8)9)51-95-96(94)106(84)85-43-41-77(108-87-35-31-29-33-79(87)83-49-66(37-45-91(83)108)63-98(4,5)6)61-93(85)110(95)89-47-39-71(101(13,14)15)59-81(89)69-54-74(104(22,23)24)57-75(55-69)105(25,26)27/h28-61H,62-64H2,1-27H3/i28D,29D,30D,31D,32D,33D,34D,35D. The van der Waals surface area contributed by atoms with Crippen LogP contribution in [-0.2, 0) is 51.8 Å². The third-order valence-corrected chi connectivity index (χ3v) is 22.9. The number of rotatable bonds is 9. The summed E-state index contributed by atoms with van der Waals surface area (Å²) in [6.45, 7) is 61.5. The highest BCUT2D eigenvalue weighted by Gasteiger charge is 2.46. The van der Waals surface area contributed by atoms with Gasteiger partial charge in [0.25, 0.3) is 6.71 Å². The van der Waals surface area contributed by atoms with Crippen molar-refractivity contribution in [2.24, 2.45) is 16.2 Å². The number of aromatic nitrogens is 2. The minimum atomic E-state index is -0.455. The van der Waals surface area contributed by atoms with Gasteiger partial charge in [-0.05, 0) is 243 Å². The SMILES string of the molecule is [2H]c1c([2H])c([2H])c2c(c1[2H])c1cc(CC(C)(C)C)ccc1n2-c1ccc2c(c1)N(c1ccc(C(C)(C)C)cc1-c1cc(C(C)(C)C)cc(C(C)(C)C)c1)c1cc(CC(C)(C)C)cc3c1B2c1ccc(-n2c4ccc(CC(C)(C)C)cc4c4c([2H])c([2H])c([2H])c([2H])c42)cc1N3c1ccc(C(C)(C)C)cc1-c1cc(C(C)(C)C)cc(C(C)(C)C)c1. The molecule has 0 unspecified atom stereocenters. The van der Waals surface area contributed by atoms with Crippen molar-refractivity contribution < 1.29 is 11.0 Å². The van der Waals surface area contributed by atoms with Crippen LogP contribution in [0.25, 0.3) is 77.2 Å². The Bertz CT molecular complexity index is 5900. The van der Waals surface area contributed by atoms with Gasteiger partial charge < -0.3 is 18.9 Å². The summed E-state index contributed by atoms with van der Waals surface area (Å²) < 4.78 is 81.4. The lowest BCUT2D eigenvalue weighted by molar-refractivity contribution is 0.411.